The van der Waals surface area contributed by atoms with Gasteiger partial charge in [0.1, 0.15) is 0 Å². The lowest BCUT2D eigenvalue weighted by Crippen LogP contribution is -2.32. The molecule has 1 aliphatic rings. The van der Waals surface area contributed by atoms with Gasteiger partial charge in [-0.15, -0.1) is 0 Å². The van der Waals surface area contributed by atoms with Gasteiger partial charge in [0.05, 0.1) is 11.3 Å². The molecule has 0 radical (unpaired) electrons. The van der Waals surface area contributed by atoms with Gasteiger partial charge >= 0.3 is 0 Å². The number of hydrogen-bond donors (Lipinski definition) is 0. The predicted molar refractivity (Wildman–Crippen MR) is 61.9 cm³/mol. The average molecular weight is 237 g/mol. The van der Waals surface area contributed by atoms with Gasteiger partial charge in [0, 0.05) is 6.07 Å². The monoisotopic (exact) mass is 237 g/mol. The molecule has 0 unspecified atom stereocenters. The summed E-state index contributed by atoms with van der Waals surface area (Å²) >= 11 is 0. The van der Waals surface area contributed by atoms with Crippen LogP contribution in [0.5, 0.6) is 11.5 Å². The number of fused-ring (bicyclic) bond motifs is 1. The zero-order valence-electron chi connectivity index (χ0n) is 10.1. The molecule has 0 N–H and O–H groups in total. The second kappa shape index (κ2) is 4.25. The van der Waals surface area contributed by atoms with Crippen LogP contribution in [0.25, 0.3) is 0 Å². The minimum atomic E-state index is -0.447. The molecular weight excluding hydrogens is 222 g/mol. The van der Waals surface area contributed by atoms with E-state index in [9.17, 15) is 4.79 Å². The van der Waals surface area contributed by atoms with E-state index in [1.54, 1.807) is 18.2 Å². The zero-order chi connectivity index (χ0) is 12.5. The highest BCUT2D eigenvalue weighted by Gasteiger charge is 2.20. The fourth-order valence-corrected chi connectivity index (χ4v) is 1.45. The van der Waals surface area contributed by atoms with Crippen LogP contribution in [0.1, 0.15) is 20.8 Å². The van der Waals surface area contributed by atoms with Crippen molar-refractivity contribution >= 4 is 12.1 Å². The molecule has 17 heavy (non-hydrogen) atoms. The first kappa shape index (κ1) is 11.7. The summed E-state index contributed by atoms with van der Waals surface area (Å²) in [6.07, 6.45) is 0.628. The van der Waals surface area contributed by atoms with Gasteiger partial charge < -0.3 is 9.47 Å². The maximum absolute atomic E-state index is 11.0. The van der Waals surface area contributed by atoms with E-state index < -0.39 is 5.60 Å². The van der Waals surface area contributed by atoms with E-state index in [0.717, 1.165) is 0 Å². The molecule has 1 amide bonds. The third-order valence-electron chi connectivity index (χ3n) is 2.08. The number of nitrogens with zero attached hydrogens (tertiary/aromatic N) is 1. The number of carbonyl (C=O) groups excluding carboxylic acids is 1. The molecule has 2 rings (SSSR count). The van der Waals surface area contributed by atoms with Crippen molar-refractivity contribution in [2.75, 3.05) is 11.9 Å². The van der Waals surface area contributed by atoms with Gasteiger partial charge in [-0.2, -0.15) is 5.06 Å². The molecule has 5 nitrogen and oxygen atoms in total. The Labute approximate surface area is 99.8 Å². The van der Waals surface area contributed by atoms with Gasteiger partial charge in [-0.25, -0.2) is 0 Å². The minimum Gasteiger partial charge on any atom is -0.454 e. The molecule has 0 aromatic heterocycles. The van der Waals surface area contributed by atoms with Crippen molar-refractivity contribution in [3.63, 3.8) is 0 Å². The van der Waals surface area contributed by atoms with Crippen LogP contribution in [0.4, 0.5) is 5.69 Å². The van der Waals surface area contributed by atoms with Crippen molar-refractivity contribution in [2.45, 2.75) is 26.4 Å². The molecule has 0 aliphatic carbocycles. The maximum Gasteiger partial charge on any atom is 0.238 e. The molecule has 0 fully saturated rings. The second-order valence-corrected chi connectivity index (χ2v) is 4.67. The topological polar surface area (TPSA) is 48.0 Å². The summed E-state index contributed by atoms with van der Waals surface area (Å²) in [5, 5.41) is 1.18. The number of rotatable bonds is 3. The first-order valence-electron chi connectivity index (χ1n) is 5.33. The standard InChI is InChI=1S/C12H15NO4/c1-12(2,3)17-13(7-14)9-4-5-10-11(6-9)16-8-15-10/h4-7H,8H2,1-3H3. The number of carbonyl (C=O) groups is 1. The van der Waals surface area contributed by atoms with Crippen molar-refractivity contribution in [1.29, 1.82) is 0 Å². The molecule has 0 atom stereocenters. The fraction of sp³-hybridized carbons (Fsp3) is 0.417. The molecule has 0 saturated carbocycles. The molecule has 0 saturated heterocycles. The highest BCUT2D eigenvalue weighted by atomic mass is 16.7. The van der Waals surface area contributed by atoms with Gasteiger partial charge in [0.15, 0.2) is 11.5 Å². The van der Waals surface area contributed by atoms with Gasteiger partial charge in [0.2, 0.25) is 13.2 Å². The number of amides is 1. The first-order valence-corrected chi connectivity index (χ1v) is 5.33. The molecule has 1 aliphatic heterocycles. The van der Waals surface area contributed by atoms with Crippen LogP contribution in [0.3, 0.4) is 0 Å². The van der Waals surface area contributed by atoms with Crippen molar-refractivity contribution in [3.05, 3.63) is 18.2 Å². The summed E-state index contributed by atoms with van der Waals surface area (Å²) in [6, 6.07) is 5.20. The third kappa shape index (κ3) is 2.68. The van der Waals surface area contributed by atoms with Crippen LogP contribution in [0, 0.1) is 0 Å². The van der Waals surface area contributed by atoms with E-state index in [-0.39, 0.29) is 6.79 Å². The van der Waals surface area contributed by atoms with E-state index in [0.29, 0.717) is 23.6 Å². The van der Waals surface area contributed by atoms with Crippen molar-refractivity contribution < 1.29 is 19.1 Å². The maximum atomic E-state index is 11.0. The first-order chi connectivity index (χ1) is 7.99. The van der Waals surface area contributed by atoms with Crippen LogP contribution in [-0.2, 0) is 9.63 Å². The quantitative estimate of drug-likeness (QED) is 0.596. The highest BCUT2D eigenvalue weighted by molar-refractivity contribution is 5.74. The van der Waals surface area contributed by atoms with E-state index >= 15 is 0 Å². The average Bonchev–Trinajstić information content (AvgIpc) is 2.71. The number of anilines is 1. The van der Waals surface area contributed by atoms with Crippen molar-refractivity contribution in [3.8, 4) is 11.5 Å². The van der Waals surface area contributed by atoms with Crippen LogP contribution in [0.15, 0.2) is 18.2 Å². The molecular formula is C12H15NO4. The minimum absolute atomic E-state index is 0.208. The van der Waals surface area contributed by atoms with Gasteiger partial charge in [0.25, 0.3) is 0 Å². The molecule has 0 spiro atoms. The summed E-state index contributed by atoms with van der Waals surface area (Å²) in [6.45, 7) is 5.82. The molecule has 0 bridgehead atoms. The number of benzene rings is 1. The second-order valence-electron chi connectivity index (χ2n) is 4.67. The fourth-order valence-electron chi connectivity index (χ4n) is 1.45. The van der Waals surface area contributed by atoms with Gasteiger partial charge in [-0.05, 0) is 32.9 Å². The van der Waals surface area contributed by atoms with Gasteiger partial charge in [-0.3, -0.25) is 9.63 Å². The Bertz CT molecular complexity index is 425. The van der Waals surface area contributed by atoms with Crippen LogP contribution >= 0.6 is 0 Å². The summed E-state index contributed by atoms with van der Waals surface area (Å²) in [5.41, 5.74) is 0.163. The molecule has 92 valence electrons. The molecule has 1 heterocycles. The Morgan fingerprint density at radius 3 is 2.65 bits per heavy atom. The number of hydroxylamine groups is 1. The highest BCUT2D eigenvalue weighted by Crippen LogP contribution is 2.35. The molecule has 1 aromatic carbocycles. The van der Waals surface area contributed by atoms with Crippen LogP contribution in [0.2, 0.25) is 0 Å². The Balaban J connectivity index is 2.23. The number of ether oxygens (including phenoxy) is 2. The lowest BCUT2D eigenvalue weighted by molar-refractivity contribution is -0.120. The Kier molecular flexibility index (Phi) is 2.93. The lowest BCUT2D eigenvalue weighted by atomic mass is 10.2. The SMILES string of the molecule is CC(C)(C)ON(C=O)c1ccc2c(c1)OCO2. The summed E-state index contributed by atoms with van der Waals surface area (Å²) in [4.78, 5) is 16.5. The van der Waals surface area contributed by atoms with Crippen LogP contribution < -0.4 is 14.5 Å². The van der Waals surface area contributed by atoms with Crippen molar-refractivity contribution in [1.82, 2.24) is 0 Å². The summed E-state index contributed by atoms with van der Waals surface area (Å²) in [7, 11) is 0. The third-order valence-corrected chi connectivity index (χ3v) is 2.08. The number of hydrogen-bond acceptors (Lipinski definition) is 4. The zero-order valence-corrected chi connectivity index (χ0v) is 10.1. The molecule has 1 aromatic rings. The lowest BCUT2D eigenvalue weighted by Gasteiger charge is -2.26. The van der Waals surface area contributed by atoms with E-state index in [4.69, 9.17) is 14.3 Å². The summed E-state index contributed by atoms with van der Waals surface area (Å²) < 4.78 is 10.4. The van der Waals surface area contributed by atoms with E-state index in [2.05, 4.69) is 0 Å². The van der Waals surface area contributed by atoms with Crippen LogP contribution in [-0.4, -0.2) is 18.8 Å². The van der Waals surface area contributed by atoms with E-state index in [1.807, 2.05) is 20.8 Å². The molecule has 5 heteroatoms. The summed E-state index contributed by atoms with van der Waals surface area (Å²) in [5.74, 6) is 1.29. The Morgan fingerprint density at radius 1 is 1.29 bits per heavy atom. The van der Waals surface area contributed by atoms with Gasteiger partial charge in [-0.1, -0.05) is 0 Å². The predicted octanol–water partition coefficient (Wildman–Crippen LogP) is 2.11. The Morgan fingerprint density at radius 2 is 2.00 bits per heavy atom. The normalized spacial score (nSPS) is 13.6. The Hall–Kier alpha value is -1.75. The van der Waals surface area contributed by atoms with E-state index in [1.165, 1.54) is 5.06 Å². The smallest absolute Gasteiger partial charge is 0.238 e. The van der Waals surface area contributed by atoms with Crippen molar-refractivity contribution in [2.24, 2.45) is 0 Å². The largest absolute Gasteiger partial charge is 0.454 e.